The number of carbonyl (C=O) groups excluding carboxylic acids is 1. The highest BCUT2D eigenvalue weighted by Gasteiger charge is 2.19. The van der Waals surface area contributed by atoms with E-state index in [0.29, 0.717) is 12.3 Å². The summed E-state index contributed by atoms with van der Waals surface area (Å²) in [5.41, 5.74) is 1.20. The molecule has 5 heteroatoms. The van der Waals surface area contributed by atoms with Gasteiger partial charge in [-0.3, -0.25) is 4.79 Å². The van der Waals surface area contributed by atoms with E-state index in [1.807, 2.05) is 12.1 Å². The third-order valence-corrected chi connectivity index (χ3v) is 5.91. The highest BCUT2D eigenvalue weighted by Crippen LogP contribution is 2.14. The number of hydrogen-bond acceptors (Lipinski definition) is 4. The van der Waals surface area contributed by atoms with Gasteiger partial charge in [0.05, 0.1) is 7.11 Å². The van der Waals surface area contributed by atoms with Crippen molar-refractivity contribution in [3.8, 4) is 5.75 Å². The van der Waals surface area contributed by atoms with Crippen molar-refractivity contribution in [1.82, 2.24) is 14.7 Å². The SMILES string of the molecule is COc1ccc(CCC(=O)N2CCCN(CCN3CCCCC3)CC2)cc1. The highest BCUT2D eigenvalue weighted by molar-refractivity contribution is 5.76. The molecule has 0 spiro atoms. The quantitative estimate of drug-likeness (QED) is 0.736. The Morgan fingerprint density at radius 1 is 0.852 bits per heavy atom. The summed E-state index contributed by atoms with van der Waals surface area (Å²) >= 11 is 0. The molecule has 0 N–H and O–H groups in total. The first-order chi connectivity index (χ1) is 13.2. The first kappa shape index (κ1) is 20.2. The minimum absolute atomic E-state index is 0.295. The number of benzene rings is 1. The molecule has 1 amide bonds. The number of nitrogens with zero attached hydrogens (tertiary/aromatic N) is 3. The molecule has 1 aromatic rings. The fraction of sp³-hybridized carbons (Fsp3) is 0.682. The lowest BCUT2D eigenvalue weighted by Crippen LogP contribution is -2.40. The van der Waals surface area contributed by atoms with E-state index in [9.17, 15) is 4.79 Å². The highest BCUT2D eigenvalue weighted by atomic mass is 16.5. The average Bonchev–Trinajstić information content (AvgIpc) is 2.97. The van der Waals surface area contributed by atoms with E-state index in [1.54, 1.807) is 7.11 Å². The first-order valence-corrected chi connectivity index (χ1v) is 10.6. The van der Waals surface area contributed by atoms with E-state index in [0.717, 1.165) is 51.3 Å². The van der Waals surface area contributed by atoms with Crippen LogP contribution < -0.4 is 4.74 Å². The molecule has 3 rings (SSSR count). The van der Waals surface area contributed by atoms with Gasteiger partial charge in [-0.05, 0) is 63.0 Å². The van der Waals surface area contributed by atoms with Crippen LogP contribution in [0.2, 0.25) is 0 Å². The Morgan fingerprint density at radius 2 is 1.52 bits per heavy atom. The molecular formula is C22H35N3O2. The van der Waals surface area contributed by atoms with Gasteiger partial charge < -0.3 is 19.4 Å². The molecule has 5 nitrogen and oxygen atoms in total. The zero-order chi connectivity index (χ0) is 18.9. The molecule has 2 fully saturated rings. The van der Waals surface area contributed by atoms with E-state index in [1.165, 1.54) is 44.5 Å². The van der Waals surface area contributed by atoms with Crippen molar-refractivity contribution >= 4 is 5.91 Å². The second-order valence-electron chi connectivity index (χ2n) is 7.83. The van der Waals surface area contributed by atoms with Crippen molar-refractivity contribution in [2.24, 2.45) is 0 Å². The summed E-state index contributed by atoms with van der Waals surface area (Å²) < 4.78 is 5.19. The van der Waals surface area contributed by atoms with E-state index in [-0.39, 0.29) is 0 Å². The van der Waals surface area contributed by atoms with Crippen LogP contribution in [0.4, 0.5) is 0 Å². The molecule has 0 bridgehead atoms. The van der Waals surface area contributed by atoms with Crippen molar-refractivity contribution in [1.29, 1.82) is 0 Å². The summed E-state index contributed by atoms with van der Waals surface area (Å²) in [5, 5.41) is 0. The first-order valence-electron chi connectivity index (χ1n) is 10.6. The Morgan fingerprint density at radius 3 is 2.22 bits per heavy atom. The van der Waals surface area contributed by atoms with Gasteiger partial charge >= 0.3 is 0 Å². The monoisotopic (exact) mass is 373 g/mol. The molecule has 0 aromatic heterocycles. The number of carbonyl (C=O) groups is 1. The van der Waals surface area contributed by atoms with Crippen molar-refractivity contribution in [3.05, 3.63) is 29.8 Å². The molecule has 2 aliphatic heterocycles. The molecule has 0 aliphatic carbocycles. The third kappa shape index (κ3) is 6.51. The molecule has 1 aromatic carbocycles. The minimum atomic E-state index is 0.295. The standard InChI is InChI=1S/C22H35N3O2/c1-27-21-9-6-20(7-10-21)8-11-22(26)25-15-5-14-24(18-19-25)17-16-23-12-3-2-4-13-23/h6-7,9-10H,2-5,8,11-19H2,1H3. The van der Waals surface area contributed by atoms with Gasteiger partial charge in [0.2, 0.25) is 5.91 Å². The lowest BCUT2D eigenvalue weighted by Gasteiger charge is -2.29. The van der Waals surface area contributed by atoms with Gasteiger partial charge in [0.25, 0.3) is 0 Å². The summed E-state index contributed by atoms with van der Waals surface area (Å²) in [5.74, 6) is 1.16. The lowest BCUT2D eigenvalue weighted by molar-refractivity contribution is -0.131. The lowest BCUT2D eigenvalue weighted by atomic mass is 10.1. The Labute approximate surface area is 164 Å². The maximum atomic E-state index is 12.6. The molecule has 2 aliphatic rings. The zero-order valence-electron chi connectivity index (χ0n) is 16.9. The maximum absolute atomic E-state index is 12.6. The predicted octanol–water partition coefficient (Wildman–Crippen LogP) is 2.65. The fourth-order valence-corrected chi connectivity index (χ4v) is 4.11. The largest absolute Gasteiger partial charge is 0.497 e. The number of ether oxygens (including phenoxy) is 1. The second-order valence-corrected chi connectivity index (χ2v) is 7.83. The third-order valence-electron chi connectivity index (χ3n) is 5.91. The smallest absolute Gasteiger partial charge is 0.222 e. The van der Waals surface area contributed by atoms with Crippen LogP contribution in [0.15, 0.2) is 24.3 Å². The van der Waals surface area contributed by atoms with E-state index < -0.39 is 0 Å². The van der Waals surface area contributed by atoms with Gasteiger partial charge in [0.1, 0.15) is 5.75 Å². The van der Waals surface area contributed by atoms with E-state index >= 15 is 0 Å². The fourth-order valence-electron chi connectivity index (χ4n) is 4.11. The summed E-state index contributed by atoms with van der Waals surface area (Å²) in [6.45, 7) is 8.79. The number of amides is 1. The molecule has 2 heterocycles. The van der Waals surface area contributed by atoms with Gasteiger partial charge in [0, 0.05) is 39.1 Å². The zero-order valence-corrected chi connectivity index (χ0v) is 16.9. The Hall–Kier alpha value is -1.59. The van der Waals surface area contributed by atoms with Crippen LogP contribution in [0.1, 0.15) is 37.7 Å². The Kier molecular flexibility index (Phi) is 7.96. The van der Waals surface area contributed by atoms with Crippen LogP contribution in [0.25, 0.3) is 0 Å². The van der Waals surface area contributed by atoms with Gasteiger partial charge in [-0.25, -0.2) is 0 Å². The molecule has 2 saturated heterocycles. The summed E-state index contributed by atoms with van der Waals surface area (Å²) in [6.07, 6.45) is 6.60. The van der Waals surface area contributed by atoms with Crippen LogP contribution in [0.5, 0.6) is 5.75 Å². The van der Waals surface area contributed by atoms with Crippen molar-refractivity contribution < 1.29 is 9.53 Å². The normalized spacial score (nSPS) is 19.7. The minimum Gasteiger partial charge on any atom is -0.497 e. The number of piperidine rings is 1. The van der Waals surface area contributed by atoms with Crippen LogP contribution in [0, 0.1) is 0 Å². The van der Waals surface area contributed by atoms with Crippen molar-refractivity contribution in [2.75, 3.05) is 59.5 Å². The second kappa shape index (κ2) is 10.7. The molecule has 0 radical (unpaired) electrons. The van der Waals surface area contributed by atoms with Gasteiger partial charge in [-0.15, -0.1) is 0 Å². The Bertz CT molecular complexity index is 569. The maximum Gasteiger partial charge on any atom is 0.222 e. The number of aryl methyl sites for hydroxylation is 1. The van der Waals surface area contributed by atoms with Gasteiger partial charge in [-0.1, -0.05) is 18.6 Å². The molecular weight excluding hydrogens is 338 g/mol. The molecule has 27 heavy (non-hydrogen) atoms. The summed E-state index contributed by atoms with van der Waals surface area (Å²) in [7, 11) is 1.67. The number of rotatable bonds is 7. The van der Waals surface area contributed by atoms with Crippen molar-refractivity contribution in [2.45, 2.75) is 38.5 Å². The summed E-state index contributed by atoms with van der Waals surface area (Å²) in [4.78, 5) is 19.9. The predicted molar refractivity (Wildman–Crippen MR) is 109 cm³/mol. The van der Waals surface area contributed by atoms with Crippen molar-refractivity contribution in [3.63, 3.8) is 0 Å². The summed E-state index contributed by atoms with van der Waals surface area (Å²) in [6, 6.07) is 8.03. The number of hydrogen-bond donors (Lipinski definition) is 0. The average molecular weight is 374 g/mol. The Balaban J connectivity index is 1.38. The molecule has 0 unspecified atom stereocenters. The molecule has 150 valence electrons. The van der Waals surface area contributed by atoms with Crippen LogP contribution in [-0.2, 0) is 11.2 Å². The van der Waals surface area contributed by atoms with Crippen LogP contribution >= 0.6 is 0 Å². The van der Waals surface area contributed by atoms with Crippen LogP contribution in [-0.4, -0.2) is 80.1 Å². The van der Waals surface area contributed by atoms with E-state index in [2.05, 4.69) is 26.8 Å². The van der Waals surface area contributed by atoms with Gasteiger partial charge in [-0.2, -0.15) is 0 Å². The molecule has 0 atom stereocenters. The topological polar surface area (TPSA) is 36.0 Å². The van der Waals surface area contributed by atoms with Gasteiger partial charge in [0.15, 0.2) is 0 Å². The molecule has 0 saturated carbocycles. The number of methoxy groups -OCH3 is 1. The number of likely N-dealkylation sites (tertiary alicyclic amines) is 1. The van der Waals surface area contributed by atoms with Crippen LogP contribution in [0.3, 0.4) is 0 Å². The van der Waals surface area contributed by atoms with E-state index in [4.69, 9.17) is 4.74 Å².